The molecule has 0 aliphatic rings. The maximum Gasteiger partial charge on any atom is 0.470 e. The van der Waals surface area contributed by atoms with E-state index in [4.69, 9.17) is 34.5 Å². The van der Waals surface area contributed by atoms with Gasteiger partial charge >= 0.3 is 23.5 Å². The zero-order chi connectivity index (χ0) is 17.8. The highest BCUT2D eigenvalue weighted by atomic mass is 31.2. The fourth-order valence-electron chi connectivity index (χ4n) is 1.19. The Morgan fingerprint density at radius 2 is 1.23 bits per heavy atom. The SMILES string of the molecule is O=C[C@@H](OP(=O)(O)O)[C@H](OP(=O)(O)O)[C@H](CO)OP(=O)(O)O. The molecule has 0 aromatic heterocycles. The standard InChI is InChI=1S/C5H13O14P3/c6-1-3(17-20(8,9)10)5(19-22(14,15)16)4(2-7)18-21(11,12)13/h1,3-5,7H,2H2,(H2,8,9,10)(H2,11,12,13)(H2,14,15,16)/t3-,4+,5+/m1/s1. The number of hydrogen-bond acceptors (Lipinski definition) is 8. The molecule has 132 valence electrons. The van der Waals surface area contributed by atoms with Gasteiger partial charge in [-0.05, 0) is 0 Å². The van der Waals surface area contributed by atoms with Crippen LogP contribution >= 0.6 is 23.5 Å². The lowest BCUT2D eigenvalue weighted by Gasteiger charge is -2.29. The number of phosphoric ester groups is 3. The van der Waals surface area contributed by atoms with Crippen LogP contribution in [-0.4, -0.2) is 65.7 Å². The Bertz CT molecular complexity index is 499. The third kappa shape index (κ3) is 9.87. The van der Waals surface area contributed by atoms with Crippen LogP contribution in [0.15, 0.2) is 0 Å². The molecule has 7 N–H and O–H groups in total. The van der Waals surface area contributed by atoms with Crippen LogP contribution in [0.2, 0.25) is 0 Å². The molecular weight excluding hydrogens is 377 g/mol. The van der Waals surface area contributed by atoms with Crippen LogP contribution in [0, 0.1) is 0 Å². The van der Waals surface area contributed by atoms with Crippen molar-refractivity contribution in [3.05, 3.63) is 0 Å². The van der Waals surface area contributed by atoms with E-state index < -0.39 is 48.4 Å². The number of aliphatic hydroxyl groups excluding tert-OH is 1. The Morgan fingerprint density at radius 1 is 0.818 bits per heavy atom. The van der Waals surface area contributed by atoms with Gasteiger partial charge < -0.3 is 39.3 Å². The van der Waals surface area contributed by atoms with E-state index in [9.17, 15) is 18.5 Å². The summed E-state index contributed by atoms with van der Waals surface area (Å²) in [6.45, 7) is -1.34. The lowest BCUT2D eigenvalue weighted by atomic mass is 10.1. The molecule has 0 spiro atoms. The van der Waals surface area contributed by atoms with E-state index in [1.165, 1.54) is 0 Å². The second-order valence-electron chi connectivity index (χ2n) is 3.57. The molecule has 17 heteroatoms. The number of phosphoric acid groups is 3. The summed E-state index contributed by atoms with van der Waals surface area (Å²) < 4.78 is 44.0. The number of aliphatic hydroxyl groups is 1. The Kier molecular flexibility index (Phi) is 8.16. The number of hydrogen-bond donors (Lipinski definition) is 7. The van der Waals surface area contributed by atoms with Crippen LogP contribution in [0.5, 0.6) is 0 Å². The van der Waals surface area contributed by atoms with Crippen LogP contribution in [0.4, 0.5) is 0 Å². The quantitative estimate of drug-likeness (QED) is 0.152. The number of carbonyl (C=O) groups excluding carboxylic acids is 1. The van der Waals surface area contributed by atoms with Crippen molar-refractivity contribution < 1.29 is 66.5 Å². The molecule has 0 saturated carbocycles. The summed E-state index contributed by atoms with van der Waals surface area (Å²) in [6, 6.07) is 0. The molecule has 0 saturated heterocycles. The molecule has 0 fully saturated rings. The third-order valence-electron chi connectivity index (χ3n) is 1.80. The Balaban J connectivity index is 5.57. The monoisotopic (exact) mass is 390 g/mol. The summed E-state index contributed by atoms with van der Waals surface area (Å²) in [7, 11) is -16.1. The molecule has 0 aromatic carbocycles. The van der Waals surface area contributed by atoms with Gasteiger partial charge in [-0.15, -0.1) is 0 Å². The van der Waals surface area contributed by atoms with E-state index in [0.29, 0.717) is 0 Å². The fourth-order valence-corrected chi connectivity index (χ4v) is 2.79. The van der Waals surface area contributed by atoms with Crippen LogP contribution in [-0.2, 0) is 32.1 Å². The third-order valence-corrected chi connectivity index (χ3v) is 3.38. The first kappa shape index (κ1) is 22.0. The largest absolute Gasteiger partial charge is 0.470 e. The van der Waals surface area contributed by atoms with Gasteiger partial charge in [0.05, 0.1) is 6.61 Å². The second kappa shape index (κ2) is 8.18. The first-order valence-corrected chi connectivity index (χ1v) is 9.55. The topological polar surface area (TPSA) is 238 Å². The van der Waals surface area contributed by atoms with Crippen molar-refractivity contribution >= 4 is 29.8 Å². The predicted molar refractivity (Wildman–Crippen MR) is 63.9 cm³/mol. The van der Waals surface area contributed by atoms with E-state index in [1.807, 2.05) is 0 Å². The normalized spacial score (nSPS) is 17.8. The highest BCUT2D eigenvalue weighted by Crippen LogP contribution is 2.46. The van der Waals surface area contributed by atoms with Gasteiger partial charge in [0.25, 0.3) is 0 Å². The predicted octanol–water partition coefficient (Wildman–Crippen LogP) is -2.39. The molecule has 0 unspecified atom stereocenters. The number of aldehydes is 1. The molecule has 0 aliphatic heterocycles. The van der Waals surface area contributed by atoms with Gasteiger partial charge in [0.15, 0.2) is 12.4 Å². The number of rotatable bonds is 10. The zero-order valence-corrected chi connectivity index (χ0v) is 13.0. The average molecular weight is 390 g/mol. The molecule has 0 bridgehead atoms. The first-order valence-electron chi connectivity index (χ1n) is 4.96. The van der Waals surface area contributed by atoms with Crippen molar-refractivity contribution in [3.63, 3.8) is 0 Å². The summed E-state index contributed by atoms with van der Waals surface area (Å²) in [5.74, 6) is 0. The minimum atomic E-state index is -5.42. The Labute approximate surface area is 122 Å². The van der Waals surface area contributed by atoms with Crippen molar-refractivity contribution in [1.29, 1.82) is 0 Å². The van der Waals surface area contributed by atoms with Crippen molar-refractivity contribution in [2.24, 2.45) is 0 Å². The van der Waals surface area contributed by atoms with Gasteiger partial charge in [-0.25, -0.2) is 13.7 Å². The maximum atomic E-state index is 10.8. The lowest BCUT2D eigenvalue weighted by Crippen LogP contribution is -2.44. The first-order chi connectivity index (χ1) is 9.68. The molecule has 3 atom stereocenters. The molecule has 0 rings (SSSR count). The number of carbonyl (C=O) groups is 1. The summed E-state index contributed by atoms with van der Waals surface area (Å²) in [5.41, 5.74) is 0. The molecule has 0 aliphatic carbocycles. The minimum absolute atomic E-state index is 0.370. The highest BCUT2D eigenvalue weighted by molar-refractivity contribution is 7.47. The van der Waals surface area contributed by atoms with E-state index >= 15 is 0 Å². The van der Waals surface area contributed by atoms with Crippen LogP contribution in [0.25, 0.3) is 0 Å². The van der Waals surface area contributed by atoms with E-state index in [2.05, 4.69) is 13.6 Å². The molecule has 0 radical (unpaired) electrons. The van der Waals surface area contributed by atoms with Gasteiger partial charge in [0, 0.05) is 0 Å². The van der Waals surface area contributed by atoms with Gasteiger partial charge in [-0.2, -0.15) is 0 Å². The van der Waals surface area contributed by atoms with Gasteiger partial charge in [0.2, 0.25) is 0 Å². The zero-order valence-electron chi connectivity index (χ0n) is 10.3. The van der Waals surface area contributed by atoms with Crippen LogP contribution in [0.3, 0.4) is 0 Å². The van der Waals surface area contributed by atoms with Crippen LogP contribution < -0.4 is 0 Å². The summed E-state index contributed by atoms with van der Waals surface area (Å²) in [4.78, 5) is 62.4. The summed E-state index contributed by atoms with van der Waals surface area (Å²) in [6.07, 6.45) is -7.48. The van der Waals surface area contributed by atoms with Crippen molar-refractivity contribution in [2.75, 3.05) is 6.61 Å². The van der Waals surface area contributed by atoms with Crippen molar-refractivity contribution in [3.8, 4) is 0 Å². The van der Waals surface area contributed by atoms with Gasteiger partial charge in [0.1, 0.15) is 12.2 Å². The second-order valence-corrected chi connectivity index (χ2v) is 7.15. The highest BCUT2D eigenvalue weighted by Gasteiger charge is 2.42. The maximum absolute atomic E-state index is 10.8. The van der Waals surface area contributed by atoms with E-state index in [-0.39, 0.29) is 6.29 Å². The Hall–Kier alpha value is -0.0400. The molecule has 0 amide bonds. The van der Waals surface area contributed by atoms with E-state index in [1.54, 1.807) is 0 Å². The van der Waals surface area contributed by atoms with Gasteiger partial charge in [-0.1, -0.05) is 0 Å². The van der Waals surface area contributed by atoms with Crippen LogP contribution in [0.1, 0.15) is 0 Å². The van der Waals surface area contributed by atoms with Gasteiger partial charge in [-0.3, -0.25) is 13.6 Å². The summed E-state index contributed by atoms with van der Waals surface area (Å²) in [5, 5.41) is 8.93. The Morgan fingerprint density at radius 3 is 1.50 bits per heavy atom. The molecular formula is C5H13O14P3. The summed E-state index contributed by atoms with van der Waals surface area (Å²) >= 11 is 0. The van der Waals surface area contributed by atoms with E-state index in [0.717, 1.165) is 0 Å². The smallest absolute Gasteiger partial charge is 0.394 e. The molecule has 0 aromatic rings. The van der Waals surface area contributed by atoms with Crippen molar-refractivity contribution in [2.45, 2.75) is 18.3 Å². The minimum Gasteiger partial charge on any atom is -0.394 e. The molecule has 0 heterocycles. The fraction of sp³-hybridized carbons (Fsp3) is 0.800. The molecule has 14 nitrogen and oxygen atoms in total. The lowest BCUT2D eigenvalue weighted by molar-refractivity contribution is -0.125. The van der Waals surface area contributed by atoms with Crippen molar-refractivity contribution in [1.82, 2.24) is 0 Å². The molecule has 22 heavy (non-hydrogen) atoms. The average Bonchev–Trinajstić information content (AvgIpc) is 2.27.